The lowest BCUT2D eigenvalue weighted by Crippen LogP contribution is -2.33. The van der Waals surface area contributed by atoms with E-state index in [0.29, 0.717) is 5.92 Å². The largest absolute Gasteiger partial charge is 0.484 e. The number of rotatable bonds is 7. The lowest BCUT2D eigenvalue weighted by Gasteiger charge is -2.17. The minimum Gasteiger partial charge on any atom is -0.484 e. The molecule has 1 aliphatic rings. The third kappa shape index (κ3) is 4.86. The second kappa shape index (κ2) is 8.95. The summed E-state index contributed by atoms with van der Waals surface area (Å²) in [5.41, 5.74) is 2.45. The van der Waals surface area contributed by atoms with Crippen LogP contribution in [0.3, 0.4) is 0 Å². The molecule has 150 valence electrons. The molecule has 0 saturated carbocycles. The molecular weight excluding hydrogens is 362 g/mol. The zero-order valence-corrected chi connectivity index (χ0v) is 16.8. The second-order valence-corrected chi connectivity index (χ2v) is 7.69. The molecule has 3 aromatic rings. The molecule has 0 bridgehead atoms. The summed E-state index contributed by atoms with van der Waals surface area (Å²) in [6, 6.07) is 20.0. The Bertz CT molecular complexity index is 937. The molecule has 5 nitrogen and oxygen atoms in total. The molecule has 1 aliphatic heterocycles. The van der Waals surface area contributed by atoms with Crippen molar-refractivity contribution < 1.29 is 9.53 Å². The summed E-state index contributed by atoms with van der Waals surface area (Å²) < 4.78 is 7.90. The third-order valence-corrected chi connectivity index (χ3v) is 5.54. The van der Waals surface area contributed by atoms with Gasteiger partial charge in [-0.1, -0.05) is 48.5 Å². The zero-order chi connectivity index (χ0) is 20.1. The number of amides is 1. The van der Waals surface area contributed by atoms with Gasteiger partial charge in [0.1, 0.15) is 11.6 Å². The molecule has 1 atom stereocenters. The quantitative estimate of drug-likeness (QED) is 0.619. The molecule has 4 rings (SSSR count). The van der Waals surface area contributed by atoms with Gasteiger partial charge in [-0.25, -0.2) is 4.98 Å². The molecule has 2 heterocycles. The van der Waals surface area contributed by atoms with Gasteiger partial charge in [-0.3, -0.25) is 4.79 Å². The normalized spacial score (nSPS) is 16.2. The number of para-hydroxylation sites is 1. The van der Waals surface area contributed by atoms with Gasteiger partial charge in [0.15, 0.2) is 6.61 Å². The van der Waals surface area contributed by atoms with E-state index in [-0.39, 0.29) is 12.5 Å². The minimum absolute atomic E-state index is 0.0557. The average molecular weight is 389 g/mol. The lowest BCUT2D eigenvalue weighted by atomic mass is 10.0. The van der Waals surface area contributed by atoms with E-state index in [4.69, 9.17) is 4.74 Å². The standard InChI is InChI=1S/C24H27N3O2/c1-19-15-25-23(27(19)17-20-8-4-2-5-9-20)14-21-12-13-26(16-21)24(28)18-29-22-10-6-3-7-11-22/h2-11,15,21H,12-14,16-18H2,1H3. The number of hydrogen-bond acceptors (Lipinski definition) is 3. The molecule has 29 heavy (non-hydrogen) atoms. The summed E-state index contributed by atoms with van der Waals surface area (Å²) >= 11 is 0. The van der Waals surface area contributed by atoms with Gasteiger partial charge in [-0.2, -0.15) is 0 Å². The molecule has 0 radical (unpaired) electrons. The van der Waals surface area contributed by atoms with Crippen LogP contribution in [0.4, 0.5) is 0 Å². The molecule has 0 spiro atoms. The Labute approximate surface area is 171 Å². The molecule has 2 aromatic carbocycles. The van der Waals surface area contributed by atoms with E-state index < -0.39 is 0 Å². The Morgan fingerprint density at radius 2 is 1.83 bits per heavy atom. The fourth-order valence-electron chi connectivity index (χ4n) is 3.89. The number of nitrogens with zero attached hydrogens (tertiary/aromatic N) is 3. The number of hydrogen-bond donors (Lipinski definition) is 0. The van der Waals surface area contributed by atoms with Crippen molar-refractivity contribution in [1.29, 1.82) is 0 Å². The number of carbonyl (C=O) groups excluding carboxylic acids is 1. The van der Waals surface area contributed by atoms with Crippen LogP contribution < -0.4 is 4.74 Å². The third-order valence-electron chi connectivity index (χ3n) is 5.54. The highest BCUT2D eigenvalue weighted by atomic mass is 16.5. The van der Waals surface area contributed by atoms with Crippen LogP contribution in [0.1, 0.15) is 23.5 Å². The zero-order valence-electron chi connectivity index (χ0n) is 16.8. The smallest absolute Gasteiger partial charge is 0.260 e. The van der Waals surface area contributed by atoms with Crippen molar-refractivity contribution in [1.82, 2.24) is 14.5 Å². The van der Waals surface area contributed by atoms with Crippen molar-refractivity contribution in [3.8, 4) is 5.75 Å². The summed E-state index contributed by atoms with van der Waals surface area (Å²) in [7, 11) is 0. The fraction of sp³-hybridized carbons (Fsp3) is 0.333. The monoisotopic (exact) mass is 389 g/mol. The number of aromatic nitrogens is 2. The molecule has 1 saturated heterocycles. The Balaban J connectivity index is 1.33. The number of benzene rings is 2. The summed E-state index contributed by atoms with van der Waals surface area (Å²) in [5, 5.41) is 0. The second-order valence-electron chi connectivity index (χ2n) is 7.69. The summed E-state index contributed by atoms with van der Waals surface area (Å²) in [6.07, 6.45) is 3.85. The molecule has 1 unspecified atom stereocenters. The van der Waals surface area contributed by atoms with Crippen LogP contribution in [0.5, 0.6) is 5.75 Å². The summed E-state index contributed by atoms with van der Waals surface area (Å²) in [5.74, 6) is 2.33. The highest BCUT2D eigenvalue weighted by Gasteiger charge is 2.27. The Hall–Kier alpha value is -3.08. The van der Waals surface area contributed by atoms with Gasteiger partial charge in [0.25, 0.3) is 5.91 Å². The molecule has 0 aliphatic carbocycles. The molecular formula is C24H27N3O2. The first kappa shape index (κ1) is 19.2. The van der Waals surface area contributed by atoms with Crippen LogP contribution in [-0.2, 0) is 17.8 Å². The van der Waals surface area contributed by atoms with Crippen molar-refractivity contribution in [2.24, 2.45) is 5.92 Å². The Morgan fingerprint density at radius 3 is 2.59 bits per heavy atom. The maximum absolute atomic E-state index is 12.5. The van der Waals surface area contributed by atoms with Crippen LogP contribution >= 0.6 is 0 Å². The molecule has 1 aromatic heterocycles. The molecule has 0 N–H and O–H groups in total. The van der Waals surface area contributed by atoms with Crippen molar-refractivity contribution in [2.75, 3.05) is 19.7 Å². The summed E-state index contributed by atoms with van der Waals surface area (Å²) in [4.78, 5) is 19.1. The number of aryl methyl sites for hydroxylation is 1. The molecule has 1 amide bonds. The number of carbonyl (C=O) groups is 1. The number of imidazole rings is 1. The van der Waals surface area contributed by atoms with Gasteiger partial charge < -0.3 is 14.2 Å². The van der Waals surface area contributed by atoms with Crippen molar-refractivity contribution in [2.45, 2.75) is 26.3 Å². The van der Waals surface area contributed by atoms with Crippen molar-refractivity contribution >= 4 is 5.91 Å². The van der Waals surface area contributed by atoms with Gasteiger partial charge in [0, 0.05) is 37.9 Å². The Kier molecular flexibility index (Phi) is 5.94. The van der Waals surface area contributed by atoms with Crippen LogP contribution in [0.25, 0.3) is 0 Å². The highest BCUT2D eigenvalue weighted by Crippen LogP contribution is 2.22. The van der Waals surface area contributed by atoms with E-state index >= 15 is 0 Å². The highest BCUT2D eigenvalue weighted by molar-refractivity contribution is 5.78. The predicted octanol–water partition coefficient (Wildman–Crippen LogP) is 3.71. The van der Waals surface area contributed by atoms with Gasteiger partial charge >= 0.3 is 0 Å². The molecule has 1 fully saturated rings. The SMILES string of the molecule is Cc1cnc(CC2CCN(C(=O)COc3ccccc3)C2)n1Cc1ccccc1. The van der Waals surface area contributed by atoms with E-state index in [1.807, 2.05) is 47.5 Å². The molecule has 5 heteroatoms. The Morgan fingerprint density at radius 1 is 1.10 bits per heavy atom. The van der Waals surface area contributed by atoms with Crippen molar-refractivity contribution in [3.63, 3.8) is 0 Å². The van der Waals surface area contributed by atoms with Gasteiger partial charge in [0.2, 0.25) is 0 Å². The van der Waals surface area contributed by atoms with E-state index in [2.05, 4.69) is 40.7 Å². The maximum atomic E-state index is 12.5. The number of ether oxygens (including phenoxy) is 1. The number of likely N-dealkylation sites (tertiary alicyclic amines) is 1. The average Bonchev–Trinajstić information content (AvgIpc) is 3.36. The van der Waals surface area contributed by atoms with Crippen LogP contribution in [-0.4, -0.2) is 40.1 Å². The first-order chi connectivity index (χ1) is 14.2. The van der Waals surface area contributed by atoms with Crippen molar-refractivity contribution in [3.05, 3.63) is 83.9 Å². The first-order valence-corrected chi connectivity index (χ1v) is 10.2. The van der Waals surface area contributed by atoms with Crippen LogP contribution in [0, 0.1) is 12.8 Å². The lowest BCUT2D eigenvalue weighted by molar-refractivity contribution is -0.132. The fourth-order valence-corrected chi connectivity index (χ4v) is 3.89. The van der Waals surface area contributed by atoms with E-state index in [1.54, 1.807) is 0 Å². The van der Waals surface area contributed by atoms with Gasteiger partial charge in [-0.15, -0.1) is 0 Å². The van der Waals surface area contributed by atoms with Crippen LogP contribution in [0.2, 0.25) is 0 Å². The topological polar surface area (TPSA) is 47.4 Å². The van der Waals surface area contributed by atoms with E-state index in [1.165, 1.54) is 11.3 Å². The van der Waals surface area contributed by atoms with Gasteiger partial charge in [-0.05, 0) is 37.0 Å². The van der Waals surface area contributed by atoms with Gasteiger partial charge in [0.05, 0.1) is 0 Å². The summed E-state index contributed by atoms with van der Waals surface area (Å²) in [6.45, 7) is 4.60. The van der Waals surface area contributed by atoms with E-state index in [0.717, 1.165) is 44.0 Å². The minimum atomic E-state index is 0.0557. The first-order valence-electron chi connectivity index (χ1n) is 10.2. The maximum Gasteiger partial charge on any atom is 0.260 e. The van der Waals surface area contributed by atoms with Crippen LogP contribution in [0.15, 0.2) is 66.9 Å². The van der Waals surface area contributed by atoms with E-state index in [9.17, 15) is 4.79 Å². The predicted molar refractivity (Wildman–Crippen MR) is 113 cm³/mol.